The number of hydrogen-bond acceptors (Lipinski definition) is 9. The Bertz CT molecular complexity index is 2360. The van der Waals surface area contributed by atoms with Crippen LogP contribution in [0.3, 0.4) is 0 Å². The summed E-state index contributed by atoms with van der Waals surface area (Å²) < 4.78 is 75.7. The van der Waals surface area contributed by atoms with Crippen LogP contribution in [0.5, 0.6) is 11.5 Å². The monoisotopic (exact) mass is 772 g/mol. The van der Waals surface area contributed by atoms with E-state index in [4.69, 9.17) is 14.2 Å². The molecule has 0 spiro atoms. The number of hydrogen-bond donors (Lipinski definition) is 1. The first kappa shape index (κ1) is 39.4. The van der Waals surface area contributed by atoms with Gasteiger partial charge in [-0.15, -0.1) is 0 Å². The van der Waals surface area contributed by atoms with Crippen LogP contribution in [0.25, 0.3) is 22.3 Å². The molecule has 2 heterocycles. The topological polar surface area (TPSA) is 135 Å². The van der Waals surface area contributed by atoms with Crippen molar-refractivity contribution in [2.45, 2.75) is 45.1 Å². The Morgan fingerprint density at radius 2 is 1.73 bits per heavy atom. The molecule has 0 amide bonds. The van der Waals surface area contributed by atoms with Crippen molar-refractivity contribution in [3.8, 4) is 22.9 Å². The Balaban J connectivity index is 1.26. The molecular formula is C41H42F2N4O7S. The van der Waals surface area contributed by atoms with Gasteiger partial charge in [0, 0.05) is 49.9 Å². The smallest absolute Gasteiger partial charge is 0.184 e. The van der Waals surface area contributed by atoms with E-state index in [0.717, 1.165) is 22.8 Å². The van der Waals surface area contributed by atoms with Crippen molar-refractivity contribution in [2.75, 3.05) is 25.2 Å². The van der Waals surface area contributed by atoms with Crippen LogP contribution in [0.2, 0.25) is 0 Å². The van der Waals surface area contributed by atoms with Crippen molar-refractivity contribution >= 4 is 27.0 Å². The SMILES string of the molecule is Cn1nc(C(OCCCCS(C)(=O)=O)c2cccc(CCCO)c2)nc1-c1cc(Oc2c(F)cc3c(ccn3COCc3ccccc3)c2C=O)ccc1F. The molecule has 6 aromatic rings. The van der Waals surface area contributed by atoms with Gasteiger partial charge in [0.1, 0.15) is 34.2 Å². The van der Waals surface area contributed by atoms with Gasteiger partial charge in [-0.3, -0.25) is 4.79 Å². The number of aryl methyl sites for hydroxylation is 2. The van der Waals surface area contributed by atoms with Crippen molar-refractivity contribution < 1.29 is 41.3 Å². The number of rotatable bonds is 19. The highest BCUT2D eigenvalue weighted by molar-refractivity contribution is 7.90. The second-order valence-electron chi connectivity index (χ2n) is 13.2. The zero-order valence-electron chi connectivity index (χ0n) is 30.5. The number of ether oxygens (including phenoxy) is 3. The van der Waals surface area contributed by atoms with Crippen LogP contribution in [0, 0.1) is 11.6 Å². The molecule has 0 bridgehead atoms. The highest BCUT2D eigenvalue weighted by atomic mass is 32.2. The average molecular weight is 773 g/mol. The van der Waals surface area contributed by atoms with E-state index in [9.17, 15) is 18.3 Å². The lowest BCUT2D eigenvalue weighted by atomic mass is 10.0. The summed E-state index contributed by atoms with van der Waals surface area (Å²) >= 11 is 0. The highest BCUT2D eigenvalue weighted by Gasteiger charge is 2.25. The molecule has 1 N–H and O–H groups in total. The van der Waals surface area contributed by atoms with E-state index in [1.54, 1.807) is 23.9 Å². The van der Waals surface area contributed by atoms with Gasteiger partial charge in [0.15, 0.2) is 29.5 Å². The van der Waals surface area contributed by atoms with Gasteiger partial charge in [0.05, 0.1) is 23.3 Å². The van der Waals surface area contributed by atoms with Gasteiger partial charge in [-0.05, 0) is 66.6 Å². The maximum Gasteiger partial charge on any atom is 0.184 e. The summed E-state index contributed by atoms with van der Waals surface area (Å²) in [6, 6.07) is 24.0. The lowest BCUT2D eigenvalue weighted by Gasteiger charge is -2.16. The lowest BCUT2D eigenvalue weighted by Crippen LogP contribution is -2.11. The fourth-order valence-corrected chi connectivity index (χ4v) is 7.00. The quantitative estimate of drug-likeness (QED) is 0.0663. The number of nitrogens with zero attached hydrogens (tertiary/aromatic N) is 4. The lowest BCUT2D eigenvalue weighted by molar-refractivity contribution is 0.0667. The number of aliphatic hydroxyl groups excluding tert-OH is 1. The van der Waals surface area contributed by atoms with Crippen LogP contribution >= 0.6 is 0 Å². The molecule has 0 aliphatic rings. The number of unbranched alkanes of at least 4 members (excludes halogenated alkanes) is 1. The predicted octanol–water partition coefficient (Wildman–Crippen LogP) is 7.35. The van der Waals surface area contributed by atoms with Gasteiger partial charge in [0.25, 0.3) is 0 Å². The van der Waals surface area contributed by atoms with Gasteiger partial charge in [0.2, 0.25) is 0 Å². The second kappa shape index (κ2) is 17.9. The first-order valence-electron chi connectivity index (χ1n) is 17.8. The third-order valence-electron chi connectivity index (χ3n) is 8.97. The average Bonchev–Trinajstić information content (AvgIpc) is 3.75. The normalized spacial score (nSPS) is 12.3. The van der Waals surface area contributed by atoms with Crippen molar-refractivity contribution in [2.24, 2.45) is 7.05 Å². The minimum Gasteiger partial charge on any atom is -0.453 e. The molecular weight excluding hydrogens is 731 g/mol. The summed E-state index contributed by atoms with van der Waals surface area (Å²) in [5, 5.41) is 14.4. The van der Waals surface area contributed by atoms with Gasteiger partial charge < -0.3 is 23.9 Å². The summed E-state index contributed by atoms with van der Waals surface area (Å²) in [6.45, 7) is 0.734. The zero-order valence-corrected chi connectivity index (χ0v) is 31.3. The Morgan fingerprint density at radius 3 is 2.49 bits per heavy atom. The standard InChI is InChI=1S/C41H42F2N4O7S/c1-46-41(44-40(45-46)38(53-20-6-7-21-55(2,50)51)30-14-8-12-28(22-30)13-9-19-48)33-23-31(15-16-35(33)42)54-39-34(25-49)32-17-18-47(37(32)24-36(39)43)27-52-26-29-10-4-3-5-11-29/h3-5,8,10-12,14-18,22-25,38,48H,6-7,9,13,19-21,26-27H2,1-2H3. The fourth-order valence-electron chi connectivity index (χ4n) is 6.27. The Hall–Kier alpha value is -5.28. The Kier molecular flexibility index (Phi) is 12.8. The third kappa shape index (κ3) is 9.89. The van der Waals surface area contributed by atoms with Crippen molar-refractivity contribution in [1.82, 2.24) is 19.3 Å². The van der Waals surface area contributed by atoms with Crippen LogP contribution in [0.1, 0.15) is 58.2 Å². The summed E-state index contributed by atoms with van der Waals surface area (Å²) in [7, 11) is -1.52. The number of sulfone groups is 1. The van der Waals surface area contributed by atoms with E-state index >= 15 is 8.78 Å². The molecule has 0 saturated heterocycles. The molecule has 1 atom stereocenters. The summed E-state index contributed by atoms with van der Waals surface area (Å²) in [4.78, 5) is 17.1. The maximum atomic E-state index is 15.7. The second-order valence-corrected chi connectivity index (χ2v) is 15.5. The summed E-state index contributed by atoms with van der Waals surface area (Å²) in [5.74, 6) is -1.28. The van der Waals surface area contributed by atoms with Crippen LogP contribution in [-0.4, -0.2) is 64.4 Å². The van der Waals surface area contributed by atoms with E-state index in [2.05, 4.69) is 10.1 Å². The molecule has 0 aliphatic carbocycles. The number of aromatic nitrogens is 4. The highest BCUT2D eigenvalue weighted by Crippen LogP contribution is 2.36. The first-order chi connectivity index (χ1) is 26.5. The minimum absolute atomic E-state index is 0.0122. The molecule has 2 aromatic heterocycles. The van der Waals surface area contributed by atoms with E-state index in [1.165, 1.54) is 29.1 Å². The van der Waals surface area contributed by atoms with E-state index in [1.807, 2.05) is 54.6 Å². The predicted molar refractivity (Wildman–Crippen MR) is 204 cm³/mol. The molecule has 0 fully saturated rings. The molecule has 55 heavy (non-hydrogen) atoms. The molecule has 0 saturated carbocycles. The molecule has 14 heteroatoms. The number of aliphatic hydroxyl groups is 1. The largest absolute Gasteiger partial charge is 0.453 e. The van der Waals surface area contributed by atoms with Gasteiger partial charge in [-0.25, -0.2) is 26.9 Å². The molecule has 1 unspecified atom stereocenters. The molecule has 288 valence electrons. The fraction of sp³-hybridized carbons (Fsp3) is 0.293. The van der Waals surface area contributed by atoms with Gasteiger partial charge >= 0.3 is 0 Å². The van der Waals surface area contributed by atoms with Crippen molar-refractivity contribution in [1.29, 1.82) is 0 Å². The molecule has 0 aliphatic heterocycles. The van der Waals surface area contributed by atoms with Crippen LogP contribution < -0.4 is 4.74 Å². The van der Waals surface area contributed by atoms with Gasteiger partial charge in [-0.1, -0.05) is 54.6 Å². The van der Waals surface area contributed by atoms with E-state index in [-0.39, 0.29) is 60.0 Å². The molecule has 6 rings (SSSR count). The van der Waals surface area contributed by atoms with Crippen LogP contribution in [-0.2, 0) is 46.1 Å². The van der Waals surface area contributed by atoms with Gasteiger partial charge in [-0.2, -0.15) is 5.10 Å². The molecule has 0 radical (unpaired) electrons. The Labute approximate surface area is 318 Å². The zero-order chi connectivity index (χ0) is 39.0. The number of carbonyl (C=O) groups is 1. The third-order valence-corrected chi connectivity index (χ3v) is 10.00. The van der Waals surface area contributed by atoms with E-state index < -0.39 is 27.6 Å². The number of halogens is 2. The Morgan fingerprint density at radius 1 is 0.927 bits per heavy atom. The van der Waals surface area contributed by atoms with Crippen LogP contribution in [0.4, 0.5) is 8.78 Å². The minimum atomic E-state index is -3.12. The molecule has 11 nitrogen and oxygen atoms in total. The number of benzene rings is 4. The van der Waals surface area contributed by atoms with E-state index in [0.29, 0.717) is 49.5 Å². The summed E-state index contributed by atoms with van der Waals surface area (Å²) in [5.41, 5.74) is 3.13. The molecule has 4 aromatic carbocycles. The first-order valence-corrected chi connectivity index (χ1v) is 19.9. The number of fused-ring (bicyclic) bond motifs is 1. The number of carbonyl (C=O) groups excluding carboxylic acids is 1. The number of aldehydes is 1. The van der Waals surface area contributed by atoms with Crippen LogP contribution in [0.15, 0.2) is 91.1 Å². The van der Waals surface area contributed by atoms with Crippen molar-refractivity contribution in [3.63, 3.8) is 0 Å². The summed E-state index contributed by atoms with van der Waals surface area (Å²) in [6.07, 6.45) is 4.73. The van der Waals surface area contributed by atoms with Crippen molar-refractivity contribution in [3.05, 3.63) is 131 Å². The maximum absolute atomic E-state index is 15.7.